The van der Waals surface area contributed by atoms with Crippen LogP contribution in [0.2, 0.25) is 0 Å². The van der Waals surface area contributed by atoms with Gasteiger partial charge in [0.05, 0.1) is 18.4 Å². The van der Waals surface area contributed by atoms with Crippen LogP contribution in [0.25, 0.3) is 0 Å². The molecule has 1 aromatic heterocycles. The third-order valence-electron chi connectivity index (χ3n) is 3.09. The largest absolute Gasteiger partial charge is 0.497 e. The molecule has 0 fully saturated rings. The van der Waals surface area contributed by atoms with Gasteiger partial charge in [-0.3, -0.25) is 0 Å². The third kappa shape index (κ3) is 2.51. The van der Waals surface area contributed by atoms with Crippen molar-refractivity contribution in [1.29, 1.82) is 0 Å². The first-order valence-electron chi connectivity index (χ1n) is 6.22. The highest BCUT2D eigenvalue weighted by atomic mass is 16.5. The molecule has 0 saturated carbocycles. The highest BCUT2D eigenvalue weighted by molar-refractivity contribution is 5.38. The van der Waals surface area contributed by atoms with Crippen LogP contribution in [0.1, 0.15) is 11.3 Å². The number of hydrogen-bond donors (Lipinski definition) is 1. The lowest BCUT2D eigenvalue weighted by atomic mass is 10.1. The van der Waals surface area contributed by atoms with E-state index < -0.39 is 0 Å². The highest BCUT2D eigenvalue weighted by Gasteiger charge is 2.16. The summed E-state index contributed by atoms with van der Waals surface area (Å²) in [6.45, 7) is 1.69. The Morgan fingerprint density at radius 1 is 1.21 bits per heavy atom. The van der Waals surface area contributed by atoms with Crippen LogP contribution in [-0.2, 0) is 13.0 Å². The molecule has 3 rings (SSSR count). The monoisotopic (exact) mass is 257 g/mol. The van der Waals surface area contributed by atoms with E-state index in [4.69, 9.17) is 9.47 Å². The summed E-state index contributed by atoms with van der Waals surface area (Å²) in [6, 6.07) is 7.49. The quantitative estimate of drug-likeness (QED) is 0.910. The van der Waals surface area contributed by atoms with Crippen molar-refractivity contribution in [1.82, 2.24) is 15.3 Å². The number of fused-ring (bicyclic) bond motifs is 1. The number of nitrogens with zero attached hydrogens (tertiary/aromatic N) is 2. The molecule has 0 atom stereocenters. The van der Waals surface area contributed by atoms with Crippen LogP contribution in [-0.4, -0.2) is 23.6 Å². The number of aromatic nitrogens is 2. The van der Waals surface area contributed by atoms with Gasteiger partial charge >= 0.3 is 0 Å². The van der Waals surface area contributed by atoms with Gasteiger partial charge in [-0.05, 0) is 12.1 Å². The van der Waals surface area contributed by atoms with Crippen molar-refractivity contribution >= 4 is 0 Å². The predicted molar refractivity (Wildman–Crippen MR) is 70.5 cm³/mol. The molecule has 2 heterocycles. The second-order valence-corrected chi connectivity index (χ2v) is 4.31. The summed E-state index contributed by atoms with van der Waals surface area (Å²) >= 11 is 0. The number of hydrogen-bond acceptors (Lipinski definition) is 5. The van der Waals surface area contributed by atoms with E-state index in [9.17, 15) is 0 Å². The SMILES string of the molecule is COc1cccc(Oc2ncnc3c2CNCC3)c1. The Morgan fingerprint density at radius 2 is 2.11 bits per heavy atom. The Balaban J connectivity index is 1.90. The van der Waals surface area contributed by atoms with Crippen molar-refractivity contribution in [3.63, 3.8) is 0 Å². The van der Waals surface area contributed by atoms with Gasteiger partial charge in [0, 0.05) is 25.6 Å². The predicted octanol–water partition coefficient (Wildman–Crippen LogP) is 1.92. The van der Waals surface area contributed by atoms with Crippen molar-refractivity contribution in [2.45, 2.75) is 13.0 Å². The van der Waals surface area contributed by atoms with Gasteiger partial charge in [0.1, 0.15) is 17.8 Å². The summed E-state index contributed by atoms with van der Waals surface area (Å²) in [6.07, 6.45) is 2.46. The van der Waals surface area contributed by atoms with Crippen LogP contribution in [0.5, 0.6) is 17.4 Å². The van der Waals surface area contributed by atoms with Gasteiger partial charge in [0.25, 0.3) is 0 Å². The lowest BCUT2D eigenvalue weighted by Gasteiger charge is -2.18. The van der Waals surface area contributed by atoms with E-state index in [1.165, 1.54) is 0 Å². The maximum absolute atomic E-state index is 5.85. The second kappa shape index (κ2) is 5.24. The van der Waals surface area contributed by atoms with Crippen LogP contribution in [0.3, 0.4) is 0 Å². The van der Waals surface area contributed by atoms with Gasteiger partial charge in [-0.25, -0.2) is 9.97 Å². The molecule has 1 N–H and O–H groups in total. The van der Waals surface area contributed by atoms with Crippen LogP contribution >= 0.6 is 0 Å². The molecule has 19 heavy (non-hydrogen) atoms. The van der Waals surface area contributed by atoms with Gasteiger partial charge in [0.2, 0.25) is 5.88 Å². The molecule has 0 amide bonds. The molecule has 0 bridgehead atoms. The molecular formula is C14H15N3O2. The number of nitrogens with one attached hydrogen (secondary N) is 1. The Bertz CT molecular complexity index is 587. The van der Waals surface area contributed by atoms with E-state index in [1.54, 1.807) is 13.4 Å². The molecule has 5 nitrogen and oxygen atoms in total. The Hall–Kier alpha value is -2.14. The lowest BCUT2D eigenvalue weighted by molar-refractivity contribution is 0.405. The van der Waals surface area contributed by atoms with Gasteiger partial charge in [-0.15, -0.1) is 0 Å². The molecular weight excluding hydrogens is 242 g/mol. The van der Waals surface area contributed by atoms with Gasteiger partial charge < -0.3 is 14.8 Å². The second-order valence-electron chi connectivity index (χ2n) is 4.31. The third-order valence-corrected chi connectivity index (χ3v) is 3.09. The van der Waals surface area contributed by atoms with Crippen molar-refractivity contribution in [3.05, 3.63) is 41.9 Å². The van der Waals surface area contributed by atoms with E-state index in [-0.39, 0.29) is 0 Å². The Kier molecular flexibility index (Phi) is 3.29. The zero-order valence-electron chi connectivity index (χ0n) is 10.7. The maximum atomic E-state index is 5.85. The molecule has 0 spiro atoms. The first kappa shape index (κ1) is 11.9. The fourth-order valence-electron chi connectivity index (χ4n) is 2.11. The minimum Gasteiger partial charge on any atom is -0.497 e. The zero-order valence-corrected chi connectivity index (χ0v) is 10.7. The molecule has 0 radical (unpaired) electrons. The molecule has 0 aliphatic carbocycles. The summed E-state index contributed by atoms with van der Waals surface area (Å²) < 4.78 is 11.0. The van der Waals surface area contributed by atoms with Crippen LogP contribution in [0, 0.1) is 0 Å². The van der Waals surface area contributed by atoms with Crippen LogP contribution in [0.15, 0.2) is 30.6 Å². The molecule has 0 saturated heterocycles. The highest BCUT2D eigenvalue weighted by Crippen LogP contribution is 2.28. The molecule has 1 aliphatic heterocycles. The van der Waals surface area contributed by atoms with E-state index in [0.29, 0.717) is 11.6 Å². The summed E-state index contributed by atoms with van der Waals surface area (Å²) in [5.74, 6) is 2.09. The minimum atomic E-state index is 0.616. The molecule has 98 valence electrons. The lowest BCUT2D eigenvalue weighted by Crippen LogP contribution is -2.25. The number of ether oxygens (including phenoxy) is 2. The van der Waals surface area contributed by atoms with Crippen molar-refractivity contribution < 1.29 is 9.47 Å². The van der Waals surface area contributed by atoms with E-state index in [2.05, 4.69) is 15.3 Å². The minimum absolute atomic E-state index is 0.616. The Labute approximate surface area is 111 Å². The summed E-state index contributed by atoms with van der Waals surface area (Å²) in [4.78, 5) is 8.53. The van der Waals surface area contributed by atoms with E-state index >= 15 is 0 Å². The summed E-state index contributed by atoms with van der Waals surface area (Å²) in [7, 11) is 1.63. The molecule has 5 heteroatoms. The average Bonchev–Trinajstić information content (AvgIpc) is 2.48. The molecule has 0 unspecified atom stereocenters. The average molecular weight is 257 g/mol. The zero-order chi connectivity index (χ0) is 13.1. The summed E-state index contributed by atoms with van der Waals surface area (Å²) in [5, 5.41) is 3.30. The first-order valence-corrected chi connectivity index (χ1v) is 6.22. The number of methoxy groups -OCH3 is 1. The topological polar surface area (TPSA) is 56.3 Å². The van der Waals surface area contributed by atoms with Crippen molar-refractivity contribution in [2.75, 3.05) is 13.7 Å². The van der Waals surface area contributed by atoms with Crippen LogP contribution < -0.4 is 14.8 Å². The summed E-state index contributed by atoms with van der Waals surface area (Å²) in [5.41, 5.74) is 2.10. The fraction of sp³-hybridized carbons (Fsp3) is 0.286. The molecule has 1 aromatic carbocycles. The van der Waals surface area contributed by atoms with E-state index in [1.807, 2.05) is 24.3 Å². The standard InChI is InChI=1S/C14H15N3O2/c1-18-10-3-2-4-11(7-10)19-14-12-8-15-6-5-13(12)16-9-17-14/h2-4,7,9,15H,5-6,8H2,1H3. The van der Waals surface area contributed by atoms with Gasteiger partial charge in [-0.1, -0.05) is 6.07 Å². The number of rotatable bonds is 3. The Morgan fingerprint density at radius 3 is 3.00 bits per heavy atom. The van der Waals surface area contributed by atoms with Gasteiger partial charge in [0.15, 0.2) is 0 Å². The smallest absolute Gasteiger partial charge is 0.227 e. The first-order chi connectivity index (χ1) is 9.36. The number of benzene rings is 1. The van der Waals surface area contributed by atoms with Gasteiger partial charge in [-0.2, -0.15) is 0 Å². The van der Waals surface area contributed by atoms with Crippen molar-refractivity contribution in [3.8, 4) is 17.4 Å². The molecule has 2 aromatic rings. The van der Waals surface area contributed by atoms with Crippen LogP contribution in [0.4, 0.5) is 0 Å². The van der Waals surface area contributed by atoms with E-state index in [0.717, 1.165) is 36.5 Å². The normalized spacial score (nSPS) is 13.7. The maximum Gasteiger partial charge on any atom is 0.227 e. The van der Waals surface area contributed by atoms with Crippen molar-refractivity contribution in [2.24, 2.45) is 0 Å². The fourth-order valence-corrected chi connectivity index (χ4v) is 2.11. The molecule has 1 aliphatic rings.